The van der Waals surface area contributed by atoms with Crippen molar-refractivity contribution in [2.24, 2.45) is 0 Å². The van der Waals surface area contributed by atoms with Crippen LogP contribution in [-0.4, -0.2) is 11.3 Å². The first kappa shape index (κ1) is 50.4. The molecule has 0 fully saturated rings. The SMILES string of the molecule is N#Cc1ccc(-n2c3ccccc3c3cc(-c4cc5c6c(c4)N(c4ccc(-c7ccccc7)cc4)c4ccc(-c7ccccc7)cc4B6c4cc(-c6ccccc6)ccc4N5c4ccc(-c5ccccc5)cc4)ccc32)c(-c2cc(F)cc(F)c2)c1. The van der Waals surface area contributed by atoms with Crippen molar-refractivity contribution in [3.8, 4) is 78.5 Å². The molecule has 0 radical (unpaired) electrons. The molecule has 2 aliphatic rings. The van der Waals surface area contributed by atoms with Crippen LogP contribution in [0.5, 0.6) is 0 Å². The first-order chi connectivity index (χ1) is 42.4. The highest BCUT2D eigenvalue weighted by atomic mass is 19.1. The summed E-state index contributed by atoms with van der Waals surface area (Å²) in [5, 5.41) is 12.1. The number of hydrogen-bond donors (Lipinski definition) is 0. The number of fused-ring (bicyclic) bond motifs is 7. The lowest BCUT2D eigenvalue weighted by Crippen LogP contribution is -2.61. The van der Waals surface area contributed by atoms with Crippen molar-refractivity contribution < 1.29 is 8.78 Å². The molecular weight excluding hydrogens is 1050 g/mol. The molecule has 0 N–H and O–H groups in total. The van der Waals surface area contributed by atoms with Crippen LogP contribution in [0.1, 0.15) is 5.56 Å². The summed E-state index contributed by atoms with van der Waals surface area (Å²) in [6, 6.07) is 105. The van der Waals surface area contributed by atoms with Crippen LogP contribution >= 0.6 is 0 Å². The fraction of sp³-hybridized carbons (Fsp3) is 0. The van der Waals surface area contributed by atoms with Crippen molar-refractivity contribution in [1.29, 1.82) is 5.26 Å². The van der Waals surface area contributed by atoms with Crippen LogP contribution in [0, 0.1) is 23.0 Å². The minimum atomic E-state index is -0.693. The van der Waals surface area contributed by atoms with Gasteiger partial charge in [-0.25, -0.2) is 8.78 Å². The molecule has 13 aromatic carbocycles. The number of hydrogen-bond acceptors (Lipinski definition) is 3. The van der Waals surface area contributed by atoms with Crippen LogP contribution < -0.4 is 26.2 Å². The summed E-state index contributed by atoms with van der Waals surface area (Å²) in [4.78, 5) is 4.96. The van der Waals surface area contributed by atoms with Gasteiger partial charge in [-0.15, -0.1) is 0 Å². The Kier molecular flexibility index (Phi) is 12.0. The van der Waals surface area contributed by atoms with Crippen LogP contribution in [0.2, 0.25) is 0 Å². The van der Waals surface area contributed by atoms with Gasteiger partial charge in [-0.05, 0) is 175 Å². The fourth-order valence-electron chi connectivity index (χ4n) is 13.4. The van der Waals surface area contributed by atoms with E-state index in [1.54, 1.807) is 12.1 Å². The Balaban J connectivity index is 0.968. The number of nitrogens with zero attached hydrogens (tertiary/aromatic N) is 4. The Morgan fingerprint density at radius 3 is 1.23 bits per heavy atom. The van der Waals surface area contributed by atoms with Crippen LogP contribution in [0.4, 0.5) is 42.9 Å². The van der Waals surface area contributed by atoms with E-state index in [2.05, 4.69) is 269 Å². The van der Waals surface area contributed by atoms with E-state index in [0.717, 1.165) is 118 Å². The number of anilines is 6. The van der Waals surface area contributed by atoms with Gasteiger partial charge in [0.1, 0.15) is 11.6 Å². The maximum Gasteiger partial charge on any atom is 0.252 e. The number of halogens is 2. The molecule has 16 rings (SSSR count). The van der Waals surface area contributed by atoms with Crippen molar-refractivity contribution in [2.75, 3.05) is 9.80 Å². The van der Waals surface area contributed by atoms with E-state index < -0.39 is 11.6 Å². The summed E-state index contributed by atoms with van der Waals surface area (Å²) in [5.74, 6) is -1.39. The van der Waals surface area contributed by atoms with Crippen molar-refractivity contribution in [1.82, 2.24) is 4.57 Å². The van der Waals surface area contributed by atoms with Crippen LogP contribution in [0.3, 0.4) is 0 Å². The molecule has 7 heteroatoms. The third-order valence-corrected chi connectivity index (χ3v) is 17.3. The molecule has 0 atom stereocenters. The Bertz CT molecular complexity index is 4800. The van der Waals surface area contributed by atoms with Gasteiger partial charge in [0, 0.05) is 56.5 Å². The van der Waals surface area contributed by atoms with Crippen molar-refractivity contribution >= 4 is 79.0 Å². The number of rotatable bonds is 9. The summed E-state index contributed by atoms with van der Waals surface area (Å²) in [7, 11) is 0. The van der Waals surface area contributed by atoms with Gasteiger partial charge in [-0.3, -0.25) is 0 Å². The van der Waals surface area contributed by atoms with Gasteiger partial charge >= 0.3 is 0 Å². The second kappa shape index (κ2) is 20.5. The van der Waals surface area contributed by atoms with Gasteiger partial charge in [-0.2, -0.15) is 5.26 Å². The van der Waals surface area contributed by atoms with Crippen LogP contribution in [0.25, 0.3) is 94.3 Å². The maximum absolute atomic E-state index is 15.1. The standard InChI is InChI=1S/C79H49BF2N4/c81-63-42-62(43-64(82)49-63)68-41-51(50-83)25-37-73(68)86-72-24-14-13-23-67(72)69-44-58(30-38-74(69)86)61-47-77-79-78(48-61)85(66-35-28-57(29-36-66)53-17-7-2-8-18-53)76-40-32-60(55-21-11-4-12-22-55)46-71(76)80(79)70-45-59(54-19-9-3-10-20-54)31-39-75(70)84(77)65-33-26-56(27-34-65)52-15-5-1-6-16-52/h1-49H. The highest BCUT2D eigenvalue weighted by Gasteiger charge is 2.44. The summed E-state index contributed by atoms with van der Waals surface area (Å²) in [6.45, 7) is -0.181. The zero-order valence-electron chi connectivity index (χ0n) is 46.4. The van der Waals surface area contributed by atoms with Gasteiger partial charge in [0.05, 0.1) is 28.4 Å². The second-order valence-electron chi connectivity index (χ2n) is 22.2. The minimum Gasteiger partial charge on any atom is -0.311 e. The van der Waals surface area contributed by atoms with Crippen molar-refractivity contribution in [2.45, 2.75) is 0 Å². The number of nitriles is 1. The molecular formula is C79H49BF2N4. The molecule has 14 aromatic rings. The molecule has 0 bridgehead atoms. The van der Waals surface area contributed by atoms with Gasteiger partial charge in [0.2, 0.25) is 0 Å². The summed E-state index contributed by atoms with van der Waals surface area (Å²) in [5.41, 5.74) is 25.0. The van der Waals surface area contributed by atoms with E-state index in [0.29, 0.717) is 22.4 Å². The van der Waals surface area contributed by atoms with Crippen LogP contribution in [-0.2, 0) is 0 Å². The predicted octanol–water partition coefficient (Wildman–Crippen LogP) is 19.0. The normalized spacial score (nSPS) is 12.2. The van der Waals surface area contributed by atoms with E-state index in [1.165, 1.54) is 28.5 Å². The first-order valence-corrected chi connectivity index (χ1v) is 28.9. The topological polar surface area (TPSA) is 35.2 Å². The Morgan fingerprint density at radius 2 is 0.721 bits per heavy atom. The van der Waals surface area contributed by atoms with E-state index in [4.69, 9.17) is 0 Å². The molecule has 4 nitrogen and oxygen atoms in total. The van der Waals surface area contributed by atoms with Gasteiger partial charge in [0.15, 0.2) is 0 Å². The fourth-order valence-corrected chi connectivity index (χ4v) is 13.4. The molecule has 1 aromatic heterocycles. The van der Waals surface area contributed by atoms with Gasteiger partial charge < -0.3 is 14.4 Å². The van der Waals surface area contributed by atoms with Crippen LogP contribution in [0.15, 0.2) is 297 Å². The van der Waals surface area contributed by atoms with Gasteiger partial charge in [0.25, 0.3) is 6.71 Å². The monoisotopic (exact) mass is 1100 g/mol. The largest absolute Gasteiger partial charge is 0.311 e. The van der Waals surface area contributed by atoms with Gasteiger partial charge in [-0.1, -0.05) is 194 Å². The lowest BCUT2D eigenvalue weighted by molar-refractivity contribution is 0.584. The average molecular weight is 1100 g/mol. The molecule has 0 saturated carbocycles. The molecule has 0 unspecified atom stereocenters. The molecule has 402 valence electrons. The third kappa shape index (κ3) is 8.49. The van der Waals surface area contributed by atoms with Crippen molar-refractivity contribution in [3.63, 3.8) is 0 Å². The van der Waals surface area contributed by atoms with Crippen molar-refractivity contribution in [3.05, 3.63) is 314 Å². The Labute approximate surface area is 497 Å². The average Bonchev–Trinajstić information content (AvgIpc) is 0.826. The molecule has 3 heterocycles. The minimum absolute atomic E-state index is 0.181. The maximum atomic E-state index is 15.1. The number of aromatic nitrogens is 1. The first-order valence-electron chi connectivity index (χ1n) is 28.9. The van der Waals surface area contributed by atoms with E-state index in [1.807, 2.05) is 18.2 Å². The summed E-state index contributed by atoms with van der Waals surface area (Å²) >= 11 is 0. The predicted molar refractivity (Wildman–Crippen MR) is 352 cm³/mol. The lowest BCUT2D eigenvalue weighted by atomic mass is 9.33. The zero-order valence-corrected chi connectivity index (χ0v) is 46.4. The molecule has 0 amide bonds. The number of benzene rings is 13. The molecule has 86 heavy (non-hydrogen) atoms. The Hall–Kier alpha value is -11.3. The highest BCUT2D eigenvalue weighted by Crippen LogP contribution is 2.48. The van der Waals surface area contributed by atoms with E-state index in [-0.39, 0.29) is 6.71 Å². The molecule has 0 saturated heterocycles. The molecule has 0 spiro atoms. The summed E-state index contributed by atoms with van der Waals surface area (Å²) in [6.07, 6.45) is 0. The number of para-hydroxylation sites is 1. The molecule has 0 aliphatic carbocycles. The molecule has 2 aliphatic heterocycles. The quantitative estimate of drug-likeness (QED) is 0.135. The summed E-state index contributed by atoms with van der Waals surface area (Å²) < 4.78 is 32.3. The smallest absolute Gasteiger partial charge is 0.252 e. The van der Waals surface area contributed by atoms with E-state index in [9.17, 15) is 5.26 Å². The second-order valence-corrected chi connectivity index (χ2v) is 22.2. The highest BCUT2D eigenvalue weighted by molar-refractivity contribution is 7.00. The Morgan fingerprint density at radius 1 is 0.302 bits per heavy atom. The lowest BCUT2D eigenvalue weighted by Gasteiger charge is -2.44. The zero-order chi connectivity index (χ0) is 57.4. The third-order valence-electron chi connectivity index (χ3n) is 17.3. The van der Waals surface area contributed by atoms with E-state index >= 15 is 8.78 Å².